The van der Waals surface area contributed by atoms with E-state index in [-0.39, 0.29) is 5.57 Å². The van der Waals surface area contributed by atoms with Gasteiger partial charge in [0.25, 0.3) is 5.91 Å². The van der Waals surface area contributed by atoms with Crippen LogP contribution in [0.15, 0.2) is 66.3 Å². The van der Waals surface area contributed by atoms with Gasteiger partial charge in [-0.15, -0.1) is 0 Å². The van der Waals surface area contributed by atoms with Crippen molar-refractivity contribution in [1.29, 1.82) is 5.26 Å². The SMILES string of the molecule is COc1ccc(NC(=O)/C(C#N)=C/C=C\c2ccccc2)cc1Cl. The minimum atomic E-state index is -0.503. The van der Waals surface area contributed by atoms with E-state index >= 15 is 0 Å². The molecule has 5 heteroatoms. The molecule has 1 amide bonds. The summed E-state index contributed by atoms with van der Waals surface area (Å²) in [7, 11) is 1.51. The van der Waals surface area contributed by atoms with Crippen molar-refractivity contribution in [1.82, 2.24) is 0 Å². The van der Waals surface area contributed by atoms with E-state index < -0.39 is 5.91 Å². The fraction of sp³-hybridized carbons (Fsp3) is 0.0526. The Kier molecular flexibility index (Phi) is 6.18. The summed E-state index contributed by atoms with van der Waals surface area (Å²) >= 11 is 6.01. The van der Waals surface area contributed by atoms with Crippen LogP contribution in [0.3, 0.4) is 0 Å². The zero-order valence-corrected chi connectivity index (χ0v) is 13.7. The van der Waals surface area contributed by atoms with E-state index in [4.69, 9.17) is 21.6 Å². The molecule has 4 nitrogen and oxygen atoms in total. The van der Waals surface area contributed by atoms with Gasteiger partial charge in [0.1, 0.15) is 17.4 Å². The van der Waals surface area contributed by atoms with Crippen LogP contribution in [0.2, 0.25) is 5.02 Å². The van der Waals surface area contributed by atoms with Crippen LogP contribution in [0.5, 0.6) is 5.75 Å². The Bertz CT molecular complexity index is 821. The Hall–Kier alpha value is -3.03. The molecular formula is C19H15ClN2O2. The summed E-state index contributed by atoms with van der Waals surface area (Å²) in [6.07, 6.45) is 4.94. The lowest BCUT2D eigenvalue weighted by molar-refractivity contribution is -0.112. The highest BCUT2D eigenvalue weighted by Crippen LogP contribution is 2.27. The molecule has 0 saturated carbocycles. The summed E-state index contributed by atoms with van der Waals surface area (Å²) in [6.45, 7) is 0. The number of hydrogen-bond donors (Lipinski definition) is 1. The number of nitriles is 1. The molecule has 1 N–H and O–H groups in total. The van der Waals surface area contributed by atoms with Crippen LogP contribution in [0, 0.1) is 11.3 Å². The minimum absolute atomic E-state index is 0.00544. The van der Waals surface area contributed by atoms with E-state index in [2.05, 4.69) is 5.32 Å². The molecule has 0 radical (unpaired) electrons. The molecule has 0 aliphatic heterocycles. The quantitative estimate of drug-likeness (QED) is 0.497. The first-order valence-electron chi connectivity index (χ1n) is 7.12. The molecular weight excluding hydrogens is 324 g/mol. The number of nitrogens with zero attached hydrogens (tertiary/aromatic N) is 1. The fourth-order valence-corrected chi connectivity index (χ4v) is 2.18. The predicted molar refractivity (Wildman–Crippen MR) is 95.8 cm³/mol. The molecule has 0 saturated heterocycles. The van der Waals surface area contributed by atoms with E-state index in [9.17, 15) is 4.79 Å². The lowest BCUT2D eigenvalue weighted by Crippen LogP contribution is -2.13. The van der Waals surface area contributed by atoms with Crippen LogP contribution in [0.1, 0.15) is 5.56 Å². The second-order valence-electron chi connectivity index (χ2n) is 4.77. The number of benzene rings is 2. The average Bonchev–Trinajstić information content (AvgIpc) is 2.59. The summed E-state index contributed by atoms with van der Waals surface area (Å²) in [4.78, 5) is 12.1. The Balaban J connectivity index is 2.09. The normalized spacial score (nSPS) is 11.1. The maximum absolute atomic E-state index is 12.1. The molecule has 0 heterocycles. The van der Waals surface area contributed by atoms with Crippen LogP contribution in [-0.2, 0) is 4.79 Å². The third-order valence-corrected chi connectivity index (χ3v) is 3.42. The van der Waals surface area contributed by atoms with Crippen molar-refractivity contribution >= 4 is 29.3 Å². The second-order valence-corrected chi connectivity index (χ2v) is 5.17. The first kappa shape index (κ1) is 17.3. The maximum Gasteiger partial charge on any atom is 0.266 e. The Morgan fingerprint density at radius 1 is 1.25 bits per heavy atom. The highest BCUT2D eigenvalue weighted by atomic mass is 35.5. The van der Waals surface area contributed by atoms with Gasteiger partial charge in [-0.05, 0) is 29.8 Å². The van der Waals surface area contributed by atoms with Gasteiger partial charge >= 0.3 is 0 Å². The number of hydrogen-bond acceptors (Lipinski definition) is 3. The van der Waals surface area contributed by atoms with Crippen molar-refractivity contribution in [3.8, 4) is 11.8 Å². The largest absolute Gasteiger partial charge is 0.495 e. The lowest BCUT2D eigenvalue weighted by Gasteiger charge is -2.07. The number of carbonyl (C=O) groups excluding carboxylic acids is 1. The number of amides is 1. The highest BCUT2D eigenvalue weighted by Gasteiger charge is 2.09. The number of methoxy groups -OCH3 is 1. The first-order valence-corrected chi connectivity index (χ1v) is 7.50. The standard InChI is InChI=1S/C19H15ClN2O2/c1-24-18-11-10-16(12-17(18)20)22-19(23)15(13-21)9-5-8-14-6-3-2-4-7-14/h2-12H,1H3,(H,22,23)/b8-5-,15-9+. The molecule has 0 aliphatic carbocycles. The molecule has 0 unspecified atom stereocenters. The van der Waals surface area contributed by atoms with E-state index in [1.54, 1.807) is 24.3 Å². The summed E-state index contributed by atoms with van der Waals surface area (Å²) in [6, 6.07) is 16.3. The third-order valence-electron chi connectivity index (χ3n) is 3.13. The van der Waals surface area contributed by atoms with Gasteiger partial charge in [0.05, 0.1) is 12.1 Å². The zero-order valence-electron chi connectivity index (χ0n) is 13.0. The molecule has 0 spiro atoms. The van der Waals surface area contributed by atoms with Crippen molar-refractivity contribution in [3.05, 3.63) is 76.8 Å². The van der Waals surface area contributed by atoms with Crippen LogP contribution < -0.4 is 10.1 Å². The van der Waals surface area contributed by atoms with Gasteiger partial charge in [-0.25, -0.2) is 0 Å². The van der Waals surface area contributed by atoms with Crippen LogP contribution in [-0.4, -0.2) is 13.0 Å². The van der Waals surface area contributed by atoms with Crippen molar-refractivity contribution in [3.63, 3.8) is 0 Å². The second kappa shape index (κ2) is 8.56. The number of carbonyl (C=O) groups is 1. The molecule has 0 aliphatic rings. The van der Waals surface area contributed by atoms with Crippen molar-refractivity contribution in [2.45, 2.75) is 0 Å². The number of allylic oxidation sites excluding steroid dienone is 2. The van der Waals surface area contributed by atoms with Gasteiger partial charge in [0.15, 0.2) is 0 Å². The number of ether oxygens (including phenoxy) is 1. The van der Waals surface area contributed by atoms with Crippen LogP contribution in [0.4, 0.5) is 5.69 Å². The average molecular weight is 339 g/mol. The number of anilines is 1. The summed E-state index contributed by atoms with van der Waals surface area (Å²) in [5, 5.41) is 12.2. The molecule has 0 fully saturated rings. The fourth-order valence-electron chi connectivity index (χ4n) is 1.93. The van der Waals surface area contributed by atoms with Gasteiger partial charge in [-0.1, -0.05) is 54.1 Å². The van der Waals surface area contributed by atoms with Gasteiger partial charge in [0, 0.05) is 5.69 Å². The van der Waals surface area contributed by atoms with E-state index in [1.807, 2.05) is 42.5 Å². The highest BCUT2D eigenvalue weighted by molar-refractivity contribution is 6.32. The van der Waals surface area contributed by atoms with Crippen molar-refractivity contribution in [2.24, 2.45) is 0 Å². The van der Waals surface area contributed by atoms with Gasteiger partial charge in [-0.3, -0.25) is 4.79 Å². The molecule has 0 atom stereocenters. The molecule has 0 bridgehead atoms. The molecule has 2 aromatic carbocycles. The number of nitrogens with one attached hydrogen (secondary N) is 1. The molecule has 0 aromatic heterocycles. The summed E-state index contributed by atoms with van der Waals surface area (Å²) < 4.78 is 5.05. The molecule has 120 valence electrons. The smallest absolute Gasteiger partial charge is 0.266 e. The van der Waals surface area contributed by atoms with Gasteiger partial charge in [-0.2, -0.15) is 5.26 Å². The maximum atomic E-state index is 12.1. The minimum Gasteiger partial charge on any atom is -0.495 e. The molecule has 2 rings (SSSR count). The van der Waals surface area contributed by atoms with Gasteiger partial charge < -0.3 is 10.1 Å². The number of halogens is 1. The Morgan fingerprint density at radius 2 is 2.00 bits per heavy atom. The molecule has 24 heavy (non-hydrogen) atoms. The topological polar surface area (TPSA) is 62.1 Å². The predicted octanol–water partition coefficient (Wildman–Crippen LogP) is 4.45. The van der Waals surface area contributed by atoms with E-state index in [0.29, 0.717) is 16.5 Å². The molecule has 2 aromatic rings. The van der Waals surface area contributed by atoms with Crippen LogP contribution in [0.25, 0.3) is 6.08 Å². The first-order chi connectivity index (χ1) is 11.6. The summed E-state index contributed by atoms with van der Waals surface area (Å²) in [5.74, 6) is 0.00736. The third kappa shape index (κ3) is 4.73. The van der Waals surface area contributed by atoms with Crippen LogP contribution >= 0.6 is 11.6 Å². The zero-order chi connectivity index (χ0) is 17.4. The van der Waals surface area contributed by atoms with Crippen molar-refractivity contribution < 1.29 is 9.53 Å². The van der Waals surface area contributed by atoms with E-state index in [1.165, 1.54) is 13.2 Å². The van der Waals surface area contributed by atoms with Crippen molar-refractivity contribution in [2.75, 3.05) is 12.4 Å². The van der Waals surface area contributed by atoms with E-state index in [0.717, 1.165) is 5.56 Å². The van der Waals surface area contributed by atoms with Gasteiger partial charge in [0.2, 0.25) is 0 Å². The summed E-state index contributed by atoms with van der Waals surface area (Å²) in [5.41, 5.74) is 1.46. The monoisotopic (exact) mass is 338 g/mol. The number of rotatable bonds is 5. The lowest BCUT2D eigenvalue weighted by atomic mass is 10.2. The Labute approximate surface area is 145 Å². The Morgan fingerprint density at radius 3 is 2.62 bits per heavy atom.